The molecule has 0 saturated carbocycles. The molecule has 1 atom stereocenters. The Bertz CT molecular complexity index is 946. The number of hydrogen-bond acceptors (Lipinski definition) is 6. The van der Waals surface area contributed by atoms with Crippen LogP contribution < -0.4 is 4.74 Å². The van der Waals surface area contributed by atoms with Gasteiger partial charge in [0.1, 0.15) is 5.75 Å². The lowest BCUT2D eigenvalue weighted by Gasteiger charge is -2.15. The van der Waals surface area contributed by atoms with E-state index in [1.54, 1.807) is 24.3 Å². The SMILES string of the molecule is CC(Oc1ccccc1Cl)c1nnc(SCc2ccc([N+](=O)[O-])cc2)n1C. The zero-order valence-electron chi connectivity index (χ0n) is 14.7. The van der Waals surface area contributed by atoms with Gasteiger partial charge in [0.05, 0.1) is 9.95 Å². The van der Waals surface area contributed by atoms with Gasteiger partial charge in [-0.3, -0.25) is 10.1 Å². The summed E-state index contributed by atoms with van der Waals surface area (Å²) in [5.41, 5.74) is 1.05. The number of benzene rings is 2. The molecule has 3 aromatic rings. The van der Waals surface area contributed by atoms with Crippen LogP contribution in [-0.2, 0) is 12.8 Å². The van der Waals surface area contributed by atoms with E-state index in [4.69, 9.17) is 16.3 Å². The fourth-order valence-corrected chi connectivity index (χ4v) is 3.51. The first-order chi connectivity index (χ1) is 13.0. The molecule has 9 heteroatoms. The van der Waals surface area contributed by atoms with Crippen molar-refractivity contribution < 1.29 is 9.66 Å². The largest absolute Gasteiger partial charge is 0.481 e. The van der Waals surface area contributed by atoms with E-state index in [-0.39, 0.29) is 11.8 Å². The van der Waals surface area contributed by atoms with E-state index in [1.807, 2.05) is 30.7 Å². The highest BCUT2D eigenvalue weighted by Gasteiger charge is 2.18. The number of non-ortho nitro benzene ring substituents is 1. The number of nitro benzene ring substituents is 1. The zero-order valence-corrected chi connectivity index (χ0v) is 16.3. The number of rotatable bonds is 7. The van der Waals surface area contributed by atoms with E-state index in [0.29, 0.717) is 22.3 Å². The Morgan fingerprint density at radius 1 is 1.22 bits per heavy atom. The van der Waals surface area contributed by atoms with Gasteiger partial charge >= 0.3 is 0 Å². The van der Waals surface area contributed by atoms with Gasteiger partial charge in [0.25, 0.3) is 5.69 Å². The van der Waals surface area contributed by atoms with E-state index >= 15 is 0 Å². The molecule has 2 aromatic carbocycles. The normalized spacial score (nSPS) is 12.0. The molecule has 1 unspecified atom stereocenters. The van der Waals surface area contributed by atoms with Gasteiger partial charge in [0.15, 0.2) is 17.1 Å². The standard InChI is InChI=1S/C18H17ClN4O3S/c1-12(26-16-6-4-3-5-15(16)19)17-20-21-18(22(17)2)27-11-13-7-9-14(10-8-13)23(24)25/h3-10,12H,11H2,1-2H3. The minimum Gasteiger partial charge on any atom is -0.481 e. The fourth-order valence-electron chi connectivity index (χ4n) is 2.45. The van der Waals surface area contributed by atoms with Crippen LogP contribution in [0.25, 0.3) is 0 Å². The van der Waals surface area contributed by atoms with Crippen LogP contribution >= 0.6 is 23.4 Å². The second-order valence-corrected chi connectivity index (χ2v) is 7.15. The summed E-state index contributed by atoms with van der Waals surface area (Å²) in [6.45, 7) is 1.89. The molecule has 0 radical (unpaired) electrons. The molecule has 0 fully saturated rings. The fraction of sp³-hybridized carbons (Fsp3) is 0.222. The second-order valence-electron chi connectivity index (χ2n) is 5.80. The Kier molecular flexibility index (Phi) is 5.98. The highest BCUT2D eigenvalue weighted by molar-refractivity contribution is 7.98. The molecule has 140 valence electrons. The summed E-state index contributed by atoms with van der Waals surface area (Å²) in [6.07, 6.45) is -0.323. The average Bonchev–Trinajstić information content (AvgIpc) is 3.03. The number of hydrogen-bond donors (Lipinski definition) is 0. The van der Waals surface area contributed by atoms with E-state index in [9.17, 15) is 10.1 Å². The minimum atomic E-state index is -0.410. The number of thioether (sulfide) groups is 1. The van der Waals surface area contributed by atoms with Crippen molar-refractivity contribution in [3.63, 3.8) is 0 Å². The molecule has 0 saturated heterocycles. The van der Waals surface area contributed by atoms with Crippen LogP contribution in [0.3, 0.4) is 0 Å². The Balaban J connectivity index is 1.66. The van der Waals surface area contributed by atoms with Crippen molar-refractivity contribution in [3.8, 4) is 5.75 Å². The van der Waals surface area contributed by atoms with Gasteiger partial charge in [-0.15, -0.1) is 10.2 Å². The minimum absolute atomic E-state index is 0.0789. The van der Waals surface area contributed by atoms with E-state index < -0.39 is 4.92 Å². The third-order valence-electron chi connectivity index (χ3n) is 3.89. The first-order valence-corrected chi connectivity index (χ1v) is 9.48. The first-order valence-electron chi connectivity index (χ1n) is 8.12. The molecule has 0 aliphatic rings. The summed E-state index contributed by atoms with van der Waals surface area (Å²) in [6, 6.07) is 13.8. The topological polar surface area (TPSA) is 83.1 Å². The van der Waals surface area contributed by atoms with Crippen LogP contribution in [0.5, 0.6) is 5.75 Å². The van der Waals surface area contributed by atoms with Gasteiger partial charge in [-0.2, -0.15) is 0 Å². The van der Waals surface area contributed by atoms with E-state index in [0.717, 1.165) is 10.7 Å². The van der Waals surface area contributed by atoms with Crippen LogP contribution in [0.1, 0.15) is 24.4 Å². The lowest BCUT2D eigenvalue weighted by molar-refractivity contribution is -0.384. The quantitative estimate of drug-likeness (QED) is 0.319. The van der Waals surface area contributed by atoms with Gasteiger partial charge in [-0.25, -0.2) is 0 Å². The van der Waals surface area contributed by atoms with Crippen LogP contribution in [0.15, 0.2) is 53.7 Å². The van der Waals surface area contributed by atoms with Crippen LogP contribution in [-0.4, -0.2) is 19.7 Å². The van der Waals surface area contributed by atoms with Crippen molar-refractivity contribution >= 4 is 29.1 Å². The molecule has 0 N–H and O–H groups in total. The van der Waals surface area contributed by atoms with Gasteiger partial charge < -0.3 is 9.30 Å². The number of ether oxygens (including phenoxy) is 1. The van der Waals surface area contributed by atoms with Gasteiger partial charge in [-0.05, 0) is 24.6 Å². The molecule has 0 amide bonds. The predicted molar refractivity (Wildman–Crippen MR) is 104 cm³/mol. The maximum atomic E-state index is 10.7. The van der Waals surface area contributed by atoms with Crippen molar-refractivity contribution in [2.75, 3.05) is 0 Å². The first kappa shape index (κ1) is 19.2. The maximum absolute atomic E-state index is 10.7. The van der Waals surface area contributed by atoms with E-state index in [1.165, 1.54) is 23.9 Å². The van der Waals surface area contributed by atoms with E-state index in [2.05, 4.69) is 10.2 Å². The zero-order chi connectivity index (χ0) is 19.4. The Labute approximate surface area is 165 Å². The number of aromatic nitrogens is 3. The third-order valence-corrected chi connectivity index (χ3v) is 5.29. The molecule has 3 rings (SSSR count). The molecule has 0 aliphatic heterocycles. The molecule has 1 aromatic heterocycles. The van der Waals surface area contributed by atoms with Crippen molar-refractivity contribution in [1.29, 1.82) is 0 Å². The van der Waals surface area contributed by atoms with Gasteiger partial charge in [0, 0.05) is 24.9 Å². The molecule has 0 aliphatic carbocycles. The Morgan fingerprint density at radius 3 is 2.59 bits per heavy atom. The molecule has 1 heterocycles. The Hall–Kier alpha value is -2.58. The molecule has 0 bridgehead atoms. The predicted octanol–water partition coefficient (Wildman–Crippen LogP) is 4.81. The van der Waals surface area contributed by atoms with Crippen molar-refractivity contribution in [2.45, 2.75) is 23.9 Å². The maximum Gasteiger partial charge on any atom is 0.269 e. The number of halogens is 1. The molecule has 0 spiro atoms. The van der Waals surface area contributed by atoms with Crippen LogP contribution in [0.4, 0.5) is 5.69 Å². The highest BCUT2D eigenvalue weighted by Crippen LogP contribution is 2.29. The summed E-state index contributed by atoms with van der Waals surface area (Å²) in [5, 5.41) is 20.4. The van der Waals surface area contributed by atoms with Gasteiger partial charge in [-0.1, -0.05) is 47.6 Å². The second kappa shape index (κ2) is 8.41. The molecule has 7 nitrogen and oxygen atoms in total. The van der Waals surface area contributed by atoms with Crippen molar-refractivity contribution in [1.82, 2.24) is 14.8 Å². The number of para-hydroxylation sites is 1. The summed E-state index contributed by atoms with van der Waals surface area (Å²) in [7, 11) is 1.87. The summed E-state index contributed by atoms with van der Waals surface area (Å²) in [5.74, 6) is 1.90. The number of nitro groups is 1. The monoisotopic (exact) mass is 404 g/mol. The summed E-state index contributed by atoms with van der Waals surface area (Å²) >= 11 is 7.63. The third kappa shape index (κ3) is 4.58. The average molecular weight is 405 g/mol. The van der Waals surface area contributed by atoms with Gasteiger partial charge in [0.2, 0.25) is 0 Å². The lowest BCUT2D eigenvalue weighted by Crippen LogP contribution is -2.10. The number of nitrogens with zero attached hydrogens (tertiary/aromatic N) is 4. The molecular formula is C18H17ClN4O3S. The lowest BCUT2D eigenvalue weighted by atomic mass is 10.2. The molecular weight excluding hydrogens is 388 g/mol. The van der Waals surface area contributed by atoms with Crippen molar-refractivity contribution in [2.24, 2.45) is 7.05 Å². The molecule has 27 heavy (non-hydrogen) atoms. The smallest absolute Gasteiger partial charge is 0.269 e. The van der Waals surface area contributed by atoms with Crippen LogP contribution in [0.2, 0.25) is 5.02 Å². The van der Waals surface area contributed by atoms with Crippen molar-refractivity contribution in [3.05, 3.63) is 75.1 Å². The Morgan fingerprint density at radius 2 is 1.93 bits per heavy atom. The summed E-state index contributed by atoms with van der Waals surface area (Å²) < 4.78 is 7.77. The summed E-state index contributed by atoms with van der Waals surface area (Å²) in [4.78, 5) is 10.3. The van der Waals surface area contributed by atoms with Crippen LogP contribution in [0, 0.1) is 10.1 Å². The highest BCUT2D eigenvalue weighted by atomic mass is 35.5.